The zero-order valence-electron chi connectivity index (χ0n) is 18.8. The predicted molar refractivity (Wildman–Crippen MR) is 134 cm³/mol. The first-order valence-electron chi connectivity index (χ1n) is 10.9. The average Bonchev–Trinajstić information content (AvgIpc) is 3.27. The second-order valence-corrected chi connectivity index (χ2v) is 11.3. The number of morpholine rings is 1. The minimum Gasteiger partial charge on any atom is -0.497 e. The molecule has 11 heteroatoms. The quantitative estimate of drug-likeness (QED) is 0.424. The number of hydrogen-bond acceptors (Lipinski definition) is 8. The van der Waals surface area contributed by atoms with Crippen molar-refractivity contribution in [1.82, 2.24) is 9.88 Å². The Morgan fingerprint density at radius 2 is 1.94 bits per heavy atom. The summed E-state index contributed by atoms with van der Waals surface area (Å²) in [4.78, 5) is 21.7. The zero-order valence-corrected chi connectivity index (χ0v) is 21.2. The summed E-state index contributed by atoms with van der Waals surface area (Å²) >= 11 is 7.61. The van der Waals surface area contributed by atoms with Crippen LogP contribution in [0.2, 0.25) is 5.02 Å². The smallest absolute Gasteiger partial charge is 0.244 e. The van der Waals surface area contributed by atoms with Crippen LogP contribution in [-0.4, -0.2) is 76.5 Å². The fraction of sp³-hybridized carbons (Fsp3) is 0.391. The van der Waals surface area contributed by atoms with Gasteiger partial charge in [-0.05, 0) is 42.8 Å². The van der Waals surface area contributed by atoms with E-state index in [2.05, 4.69) is 9.88 Å². The highest BCUT2D eigenvalue weighted by atomic mass is 35.5. The molecule has 0 saturated carbocycles. The van der Waals surface area contributed by atoms with Gasteiger partial charge in [-0.2, -0.15) is 0 Å². The summed E-state index contributed by atoms with van der Waals surface area (Å²) in [7, 11) is -2.34. The molecule has 0 aliphatic carbocycles. The maximum Gasteiger partial charge on any atom is 0.244 e. The third-order valence-corrected chi connectivity index (χ3v) is 8.55. The number of ether oxygens (including phenoxy) is 2. The topological polar surface area (TPSA) is 89.0 Å². The van der Waals surface area contributed by atoms with Gasteiger partial charge in [-0.15, -0.1) is 0 Å². The number of anilines is 1. The largest absolute Gasteiger partial charge is 0.497 e. The van der Waals surface area contributed by atoms with Crippen LogP contribution in [0.15, 0.2) is 47.4 Å². The van der Waals surface area contributed by atoms with Crippen molar-refractivity contribution in [3.05, 3.63) is 47.5 Å². The van der Waals surface area contributed by atoms with Gasteiger partial charge in [0.2, 0.25) is 5.91 Å². The number of carbonyl (C=O) groups is 1. The van der Waals surface area contributed by atoms with E-state index in [0.717, 1.165) is 24.3 Å². The van der Waals surface area contributed by atoms with E-state index >= 15 is 0 Å². The Hall–Kier alpha value is -2.24. The van der Waals surface area contributed by atoms with Crippen LogP contribution in [0.4, 0.5) is 5.13 Å². The van der Waals surface area contributed by atoms with Gasteiger partial charge in [0, 0.05) is 26.2 Å². The Morgan fingerprint density at radius 1 is 1.21 bits per heavy atom. The van der Waals surface area contributed by atoms with Gasteiger partial charge in [0.1, 0.15) is 17.0 Å². The lowest BCUT2D eigenvalue weighted by atomic mass is 10.3. The molecule has 0 bridgehead atoms. The number of amides is 1. The minimum absolute atomic E-state index is 0.0715. The van der Waals surface area contributed by atoms with E-state index in [-0.39, 0.29) is 4.90 Å². The van der Waals surface area contributed by atoms with Crippen LogP contribution in [0.1, 0.15) is 6.42 Å². The van der Waals surface area contributed by atoms with Crippen LogP contribution in [0, 0.1) is 0 Å². The zero-order chi connectivity index (χ0) is 24.1. The number of carbonyl (C=O) groups excluding carboxylic acids is 1. The molecule has 0 atom stereocenters. The standard InChI is InChI=1S/C23H26ClN3O5S2/c1-31-17-6-8-18(9-7-17)34(29,30)16-21(28)27(11-3-10-26-12-14-32-15-13-26)23-25-22-19(24)4-2-5-20(22)33-23/h2,4-9H,3,10-16H2,1H3. The van der Waals surface area contributed by atoms with Crippen molar-refractivity contribution in [1.29, 1.82) is 0 Å². The van der Waals surface area contributed by atoms with Crippen molar-refractivity contribution in [3.63, 3.8) is 0 Å². The van der Waals surface area contributed by atoms with Gasteiger partial charge in [0.05, 0.1) is 34.9 Å². The Balaban J connectivity index is 1.55. The van der Waals surface area contributed by atoms with Crippen molar-refractivity contribution in [3.8, 4) is 5.75 Å². The number of hydrogen-bond donors (Lipinski definition) is 0. The van der Waals surface area contributed by atoms with Crippen molar-refractivity contribution >= 4 is 54.0 Å². The lowest BCUT2D eigenvalue weighted by Gasteiger charge is -2.27. The predicted octanol–water partition coefficient (Wildman–Crippen LogP) is 3.49. The summed E-state index contributed by atoms with van der Waals surface area (Å²) in [5.74, 6) is -0.630. The van der Waals surface area contributed by atoms with E-state index in [1.54, 1.807) is 18.2 Å². The Labute approximate surface area is 208 Å². The molecule has 1 amide bonds. The molecule has 0 N–H and O–H groups in total. The molecule has 8 nitrogen and oxygen atoms in total. The monoisotopic (exact) mass is 523 g/mol. The molecule has 34 heavy (non-hydrogen) atoms. The minimum atomic E-state index is -3.84. The first kappa shape index (κ1) is 24.9. The summed E-state index contributed by atoms with van der Waals surface area (Å²) in [6, 6.07) is 11.5. The molecule has 1 aromatic heterocycles. The van der Waals surface area contributed by atoms with Gasteiger partial charge in [-0.3, -0.25) is 14.6 Å². The highest BCUT2D eigenvalue weighted by Crippen LogP contribution is 2.33. The van der Waals surface area contributed by atoms with E-state index in [9.17, 15) is 13.2 Å². The number of nitrogens with zero attached hydrogens (tertiary/aromatic N) is 3. The van der Waals surface area contributed by atoms with Crippen molar-refractivity contribution < 1.29 is 22.7 Å². The second-order valence-electron chi connectivity index (χ2n) is 7.87. The molecule has 3 aromatic rings. The first-order valence-corrected chi connectivity index (χ1v) is 13.7. The number of sulfone groups is 1. The van der Waals surface area contributed by atoms with E-state index in [0.29, 0.717) is 47.6 Å². The highest BCUT2D eigenvalue weighted by Gasteiger charge is 2.27. The Morgan fingerprint density at radius 3 is 2.62 bits per heavy atom. The van der Waals surface area contributed by atoms with Crippen molar-refractivity contribution in [2.75, 3.05) is 57.2 Å². The van der Waals surface area contributed by atoms with Crippen LogP contribution in [0.5, 0.6) is 5.75 Å². The molecule has 1 aliphatic heterocycles. The third kappa shape index (κ3) is 5.87. The molecule has 4 rings (SSSR count). The molecule has 2 aromatic carbocycles. The fourth-order valence-electron chi connectivity index (χ4n) is 3.73. The van der Waals surface area contributed by atoms with Gasteiger partial charge in [-0.1, -0.05) is 29.0 Å². The summed E-state index contributed by atoms with van der Waals surface area (Å²) < 4.78 is 37.3. The SMILES string of the molecule is COc1ccc(S(=O)(=O)CC(=O)N(CCCN2CCOCC2)c2nc3c(Cl)cccc3s2)cc1. The molecule has 0 radical (unpaired) electrons. The summed E-state index contributed by atoms with van der Waals surface area (Å²) in [5, 5.41) is 0.937. The number of benzene rings is 2. The number of aromatic nitrogens is 1. The first-order chi connectivity index (χ1) is 16.4. The molecular formula is C23H26ClN3O5S2. The number of halogens is 1. The molecule has 0 spiro atoms. The van der Waals surface area contributed by atoms with Gasteiger partial charge in [0.25, 0.3) is 0 Å². The van der Waals surface area contributed by atoms with Crippen LogP contribution in [-0.2, 0) is 19.4 Å². The van der Waals surface area contributed by atoms with Gasteiger partial charge in [-0.25, -0.2) is 13.4 Å². The average molecular weight is 524 g/mol. The number of para-hydroxylation sites is 1. The van der Waals surface area contributed by atoms with Crippen LogP contribution in [0.3, 0.4) is 0 Å². The third-order valence-electron chi connectivity index (χ3n) is 5.58. The molecular weight excluding hydrogens is 498 g/mol. The maximum absolute atomic E-state index is 13.3. The lowest BCUT2D eigenvalue weighted by Crippen LogP contribution is -2.40. The number of fused-ring (bicyclic) bond motifs is 1. The van der Waals surface area contributed by atoms with Gasteiger partial charge < -0.3 is 9.47 Å². The van der Waals surface area contributed by atoms with Gasteiger partial charge in [0.15, 0.2) is 15.0 Å². The number of rotatable bonds is 9. The molecule has 2 heterocycles. The van der Waals surface area contributed by atoms with E-state index < -0.39 is 21.5 Å². The van der Waals surface area contributed by atoms with Gasteiger partial charge >= 0.3 is 0 Å². The summed E-state index contributed by atoms with van der Waals surface area (Å²) in [6.07, 6.45) is 0.679. The van der Waals surface area contributed by atoms with Crippen LogP contribution < -0.4 is 9.64 Å². The Bertz CT molecular complexity index is 1240. The van der Waals surface area contributed by atoms with Crippen LogP contribution >= 0.6 is 22.9 Å². The van der Waals surface area contributed by atoms with Crippen molar-refractivity contribution in [2.45, 2.75) is 11.3 Å². The Kier molecular flexibility index (Phi) is 8.05. The van der Waals surface area contributed by atoms with Crippen molar-refractivity contribution in [2.24, 2.45) is 0 Å². The van der Waals surface area contributed by atoms with Crippen LogP contribution in [0.25, 0.3) is 10.2 Å². The molecule has 1 aliphatic rings. The number of thiazole rings is 1. The maximum atomic E-state index is 13.3. The van der Waals surface area contributed by atoms with E-state index in [1.807, 2.05) is 12.1 Å². The molecule has 1 saturated heterocycles. The normalized spacial score (nSPS) is 14.9. The van der Waals surface area contributed by atoms with E-state index in [1.165, 1.54) is 35.5 Å². The summed E-state index contributed by atoms with van der Waals surface area (Å²) in [5.41, 5.74) is 0.605. The second kappa shape index (κ2) is 11.0. The fourth-order valence-corrected chi connectivity index (χ4v) is 6.24. The summed E-state index contributed by atoms with van der Waals surface area (Å²) in [6.45, 7) is 4.21. The number of methoxy groups -OCH3 is 1. The molecule has 1 fully saturated rings. The van der Waals surface area contributed by atoms with E-state index in [4.69, 9.17) is 21.1 Å². The lowest BCUT2D eigenvalue weighted by molar-refractivity contribution is -0.116. The molecule has 0 unspecified atom stereocenters. The molecule has 182 valence electrons. The highest BCUT2D eigenvalue weighted by molar-refractivity contribution is 7.92.